The van der Waals surface area contributed by atoms with Crippen LogP contribution in [0.3, 0.4) is 0 Å². The van der Waals surface area contributed by atoms with Crippen molar-refractivity contribution in [1.29, 1.82) is 0 Å². The smallest absolute Gasteiger partial charge is 0.330 e. The Hall–Kier alpha value is -1.74. The average Bonchev–Trinajstić information content (AvgIpc) is 2.46. The molecule has 0 aromatic heterocycles. The van der Waals surface area contributed by atoms with Gasteiger partial charge in [-0.1, -0.05) is 37.3 Å². The summed E-state index contributed by atoms with van der Waals surface area (Å²) in [6, 6.07) is 12.4. The lowest BCUT2D eigenvalue weighted by molar-refractivity contribution is -0.137. The highest BCUT2D eigenvalue weighted by molar-refractivity contribution is 7.99. The Morgan fingerprint density at radius 3 is 2.75 bits per heavy atom. The van der Waals surface area contributed by atoms with E-state index in [9.17, 15) is 4.79 Å². The van der Waals surface area contributed by atoms with Crippen LogP contribution in [0.2, 0.25) is 0 Å². The highest BCUT2D eigenvalue weighted by Gasteiger charge is 2.06. The molecule has 0 aliphatic heterocycles. The second kappa shape index (κ2) is 7.15. The van der Waals surface area contributed by atoms with E-state index in [1.807, 2.05) is 25.1 Å². The summed E-state index contributed by atoms with van der Waals surface area (Å²) in [5, 5.41) is 2.34. The van der Waals surface area contributed by atoms with Crippen molar-refractivity contribution in [3.8, 4) is 0 Å². The molecule has 0 saturated carbocycles. The van der Waals surface area contributed by atoms with Gasteiger partial charge in [-0.3, -0.25) is 0 Å². The number of carbonyl (C=O) groups excluding carboxylic acids is 1. The number of hydrogen-bond donors (Lipinski definition) is 0. The van der Waals surface area contributed by atoms with Crippen LogP contribution >= 0.6 is 11.8 Å². The molecule has 2 nitrogen and oxygen atoms in total. The van der Waals surface area contributed by atoms with Gasteiger partial charge in [-0.15, -0.1) is 11.8 Å². The zero-order chi connectivity index (χ0) is 14.4. The highest BCUT2D eigenvalue weighted by Crippen LogP contribution is 2.30. The first-order valence-corrected chi connectivity index (χ1v) is 7.74. The van der Waals surface area contributed by atoms with Gasteiger partial charge in [0.25, 0.3) is 0 Å². The largest absolute Gasteiger partial charge is 0.463 e. The molecular formula is C17H18O2S. The maximum Gasteiger partial charge on any atom is 0.330 e. The van der Waals surface area contributed by atoms with E-state index in [1.165, 1.54) is 16.4 Å². The van der Waals surface area contributed by atoms with E-state index in [4.69, 9.17) is 4.74 Å². The SMILES string of the molecule is CCOC(=O)/C=C/c1c(SCC)ccc2ccccc12. The number of carbonyl (C=O) groups is 1. The number of fused-ring (bicyclic) bond motifs is 1. The molecule has 0 atom stereocenters. The maximum atomic E-state index is 11.5. The molecule has 2 aromatic carbocycles. The van der Waals surface area contributed by atoms with Crippen molar-refractivity contribution >= 4 is 34.6 Å². The van der Waals surface area contributed by atoms with Crippen molar-refractivity contribution in [3.63, 3.8) is 0 Å². The van der Waals surface area contributed by atoms with Crippen LogP contribution in [0.25, 0.3) is 16.8 Å². The van der Waals surface area contributed by atoms with E-state index in [0.29, 0.717) is 6.61 Å². The third-order valence-corrected chi connectivity index (χ3v) is 3.86. The average molecular weight is 286 g/mol. The number of thioether (sulfide) groups is 1. The third-order valence-electron chi connectivity index (χ3n) is 2.90. The second-order valence-corrected chi connectivity index (χ2v) is 5.52. The number of ether oxygens (including phenoxy) is 1. The van der Waals surface area contributed by atoms with Crippen LogP contribution in [0, 0.1) is 0 Å². The standard InChI is InChI=1S/C17H18O2S/c1-3-19-17(18)12-10-15-14-8-6-5-7-13(14)9-11-16(15)20-4-2/h5-12H,3-4H2,1-2H3/b12-10+. The van der Waals surface area contributed by atoms with Gasteiger partial charge in [0.2, 0.25) is 0 Å². The normalized spacial score (nSPS) is 11.1. The van der Waals surface area contributed by atoms with Gasteiger partial charge < -0.3 is 4.74 Å². The Bertz CT molecular complexity index is 632. The van der Waals surface area contributed by atoms with Crippen molar-refractivity contribution in [2.45, 2.75) is 18.7 Å². The number of benzene rings is 2. The molecule has 0 N–H and O–H groups in total. The minimum absolute atomic E-state index is 0.298. The summed E-state index contributed by atoms with van der Waals surface area (Å²) < 4.78 is 4.94. The number of esters is 1. The lowest BCUT2D eigenvalue weighted by atomic mass is 10.0. The first-order chi connectivity index (χ1) is 9.76. The molecule has 0 spiro atoms. The predicted molar refractivity (Wildman–Crippen MR) is 86.0 cm³/mol. The zero-order valence-electron chi connectivity index (χ0n) is 11.8. The zero-order valence-corrected chi connectivity index (χ0v) is 12.6. The second-order valence-electron chi connectivity index (χ2n) is 4.22. The monoisotopic (exact) mass is 286 g/mol. The van der Waals surface area contributed by atoms with Gasteiger partial charge in [0.1, 0.15) is 0 Å². The topological polar surface area (TPSA) is 26.3 Å². The summed E-state index contributed by atoms with van der Waals surface area (Å²) in [5.41, 5.74) is 1.09. The van der Waals surface area contributed by atoms with Crippen LogP contribution in [0.4, 0.5) is 0 Å². The summed E-state index contributed by atoms with van der Waals surface area (Å²) >= 11 is 1.78. The van der Waals surface area contributed by atoms with Gasteiger partial charge in [-0.05, 0) is 41.2 Å². The highest BCUT2D eigenvalue weighted by atomic mass is 32.2. The molecule has 0 fully saturated rings. The van der Waals surface area contributed by atoms with Crippen LogP contribution in [-0.2, 0) is 9.53 Å². The molecule has 0 aliphatic rings. The molecule has 0 radical (unpaired) electrons. The fourth-order valence-electron chi connectivity index (χ4n) is 2.07. The Labute approximate surface area is 123 Å². The molecule has 0 amide bonds. The molecule has 2 rings (SSSR count). The maximum absolute atomic E-state index is 11.5. The number of hydrogen-bond acceptors (Lipinski definition) is 3. The van der Waals surface area contributed by atoms with E-state index in [0.717, 1.165) is 16.7 Å². The van der Waals surface area contributed by atoms with Crippen LogP contribution in [0.5, 0.6) is 0 Å². The van der Waals surface area contributed by atoms with E-state index in [-0.39, 0.29) is 5.97 Å². The summed E-state index contributed by atoms with van der Waals surface area (Å²) in [4.78, 5) is 12.7. The summed E-state index contributed by atoms with van der Waals surface area (Å²) in [6.45, 7) is 4.33. The summed E-state index contributed by atoms with van der Waals surface area (Å²) in [6.07, 6.45) is 3.36. The Morgan fingerprint density at radius 2 is 2.00 bits per heavy atom. The van der Waals surface area contributed by atoms with Gasteiger partial charge in [-0.25, -0.2) is 4.79 Å². The summed E-state index contributed by atoms with van der Waals surface area (Å²) in [7, 11) is 0. The molecule has 0 aliphatic carbocycles. The minimum atomic E-state index is -0.298. The van der Waals surface area contributed by atoms with Crippen LogP contribution < -0.4 is 0 Å². The molecule has 2 aromatic rings. The van der Waals surface area contributed by atoms with Gasteiger partial charge in [0, 0.05) is 11.0 Å². The molecule has 20 heavy (non-hydrogen) atoms. The third kappa shape index (κ3) is 3.42. The molecular weight excluding hydrogens is 268 g/mol. The molecule has 104 valence electrons. The summed E-state index contributed by atoms with van der Waals surface area (Å²) in [5.74, 6) is 0.700. The van der Waals surface area contributed by atoms with Gasteiger partial charge in [-0.2, -0.15) is 0 Å². The van der Waals surface area contributed by atoms with E-state index in [1.54, 1.807) is 11.8 Å². The van der Waals surface area contributed by atoms with Crippen molar-refractivity contribution in [2.75, 3.05) is 12.4 Å². The van der Waals surface area contributed by atoms with Crippen molar-refractivity contribution < 1.29 is 9.53 Å². The van der Waals surface area contributed by atoms with Crippen molar-refractivity contribution in [3.05, 3.63) is 48.0 Å². The van der Waals surface area contributed by atoms with Crippen LogP contribution in [-0.4, -0.2) is 18.3 Å². The van der Waals surface area contributed by atoms with E-state index in [2.05, 4.69) is 31.2 Å². The van der Waals surface area contributed by atoms with E-state index >= 15 is 0 Å². The lowest BCUT2D eigenvalue weighted by Crippen LogP contribution is -1.98. The first kappa shape index (κ1) is 14.7. The molecule has 3 heteroatoms. The van der Waals surface area contributed by atoms with E-state index < -0.39 is 0 Å². The van der Waals surface area contributed by atoms with Crippen LogP contribution in [0.15, 0.2) is 47.4 Å². The lowest BCUT2D eigenvalue weighted by Gasteiger charge is -2.09. The fourth-order valence-corrected chi connectivity index (χ4v) is 2.88. The molecule has 0 bridgehead atoms. The fraction of sp³-hybridized carbons (Fsp3) is 0.235. The molecule has 0 unspecified atom stereocenters. The Balaban J connectivity index is 2.46. The Morgan fingerprint density at radius 1 is 1.20 bits per heavy atom. The van der Waals surface area contributed by atoms with Gasteiger partial charge >= 0.3 is 5.97 Å². The molecule has 0 saturated heterocycles. The predicted octanol–water partition coefficient (Wildman–Crippen LogP) is 4.53. The minimum Gasteiger partial charge on any atom is -0.463 e. The van der Waals surface area contributed by atoms with Gasteiger partial charge in [0.15, 0.2) is 0 Å². The number of rotatable bonds is 5. The first-order valence-electron chi connectivity index (χ1n) is 6.75. The van der Waals surface area contributed by atoms with Gasteiger partial charge in [0.05, 0.1) is 6.61 Å². The van der Waals surface area contributed by atoms with Crippen LogP contribution in [0.1, 0.15) is 19.4 Å². The Kier molecular flexibility index (Phi) is 5.24. The van der Waals surface area contributed by atoms with Crippen molar-refractivity contribution in [2.24, 2.45) is 0 Å². The molecule has 0 heterocycles. The van der Waals surface area contributed by atoms with Crippen molar-refractivity contribution in [1.82, 2.24) is 0 Å². The quantitative estimate of drug-likeness (QED) is 0.459.